The lowest BCUT2D eigenvalue weighted by atomic mass is 10.2. The van der Waals surface area contributed by atoms with Gasteiger partial charge in [-0.3, -0.25) is 9.67 Å². The van der Waals surface area contributed by atoms with E-state index in [4.69, 9.17) is 0 Å². The lowest BCUT2D eigenvalue weighted by Gasteiger charge is -2.22. The highest BCUT2D eigenvalue weighted by molar-refractivity contribution is 5.79. The van der Waals surface area contributed by atoms with Gasteiger partial charge in [-0.1, -0.05) is 30.3 Å². The highest BCUT2D eigenvalue weighted by Gasteiger charge is 2.05. The molecule has 0 aliphatic heterocycles. The number of nitrogens with one attached hydrogen (secondary N) is 1. The molecular formula is C16H23N5. The van der Waals surface area contributed by atoms with Crippen LogP contribution in [0.25, 0.3) is 0 Å². The minimum absolute atomic E-state index is 0.711. The van der Waals surface area contributed by atoms with E-state index in [9.17, 15) is 0 Å². The van der Waals surface area contributed by atoms with Crippen molar-refractivity contribution in [2.75, 3.05) is 20.1 Å². The fourth-order valence-corrected chi connectivity index (χ4v) is 2.09. The van der Waals surface area contributed by atoms with Crippen LogP contribution in [0, 0.1) is 0 Å². The predicted octanol–water partition coefficient (Wildman–Crippen LogP) is 1.98. The van der Waals surface area contributed by atoms with Gasteiger partial charge in [0.15, 0.2) is 5.96 Å². The molecule has 0 fully saturated rings. The molecule has 112 valence electrons. The summed E-state index contributed by atoms with van der Waals surface area (Å²) in [5.41, 5.74) is 1.28. The number of aliphatic imine (C=N–C) groups is 1. The third-order valence-electron chi connectivity index (χ3n) is 3.11. The van der Waals surface area contributed by atoms with Crippen LogP contribution in [0.5, 0.6) is 0 Å². The second-order valence-corrected chi connectivity index (χ2v) is 4.85. The van der Waals surface area contributed by atoms with Crippen molar-refractivity contribution in [2.24, 2.45) is 4.99 Å². The highest BCUT2D eigenvalue weighted by Crippen LogP contribution is 2.02. The maximum atomic E-state index is 4.66. The van der Waals surface area contributed by atoms with Gasteiger partial charge in [-0.25, -0.2) is 0 Å². The van der Waals surface area contributed by atoms with Gasteiger partial charge in [0, 0.05) is 32.5 Å². The van der Waals surface area contributed by atoms with Gasteiger partial charge in [-0.2, -0.15) is 5.10 Å². The van der Waals surface area contributed by atoms with E-state index in [1.807, 2.05) is 23.0 Å². The summed E-state index contributed by atoms with van der Waals surface area (Å²) in [6.45, 7) is 5.29. The zero-order valence-corrected chi connectivity index (χ0v) is 12.7. The van der Waals surface area contributed by atoms with Gasteiger partial charge in [0.25, 0.3) is 0 Å². The van der Waals surface area contributed by atoms with Gasteiger partial charge in [0.1, 0.15) is 0 Å². The Hall–Kier alpha value is -2.30. The molecule has 0 amide bonds. The van der Waals surface area contributed by atoms with Crippen molar-refractivity contribution in [3.05, 3.63) is 54.4 Å². The number of hydrogen-bond donors (Lipinski definition) is 1. The Balaban J connectivity index is 1.93. The van der Waals surface area contributed by atoms with Crippen LogP contribution >= 0.6 is 0 Å². The zero-order chi connectivity index (χ0) is 14.9. The molecule has 0 spiro atoms. The van der Waals surface area contributed by atoms with Gasteiger partial charge >= 0.3 is 0 Å². The van der Waals surface area contributed by atoms with E-state index in [-0.39, 0.29) is 0 Å². The predicted molar refractivity (Wildman–Crippen MR) is 86.1 cm³/mol. The average molecular weight is 285 g/mol. The molecule has 0 saturated carbocycles. The summed E-state index contributed by atoms with van der Waals surface area (Å²) in [7, 11) is 2.06. The summed E-state index contributed by atoms with van der Waals surface area (Å²) in [5, 5.41) is 7.51. The Bertz CT molecular complexity index is 533. The summed E-state index contributed by atoms with van der Waals surface area (Å²) >= 11 is 0. The standard InChI is InChI=1S/C16H23N5/c1-3-17-16(18-11-13-21-12-7-10-19-21)20(2)14-15-8-5-4-6-9-15/h4-10,12H,3,11,13-14H2,1-2H3,(H,17,18). The first-order valence-electron chi connectivity index (χ1n) is 7.30. The SMILES string of the molecule is CCNC(=NCCn1cccn1)N(C)Cc1ccccc1. The molecule has 1 N–H and O–H groups in total. The minimum atomic E-state index is 0.711. The molecule has 0 aliphatic carbocycles. The lowest BCUT2D eigenvalue weighted by Crippen LogP contribution is -2.38. The first kappa shape index (κ1) is 15.1. The fourth-order valence-electron chi connectivity index (χ4n) is 2.09. The molecule has 5 heteroatoms. The Morgan fingerprint density at radius 2 is 2.10 bits per heavy atom. The van der Waals surface area contributed by atoms with Crippen molar-refractivity contribution < 1.29 is 0 Å². The molecule has 1 heterocycles. The van der Waals surface area contributed by atoms with Crippen LogP contribution in [0.4, 0.5) is 0 Å². The van der Waals surface area contributed by atoms with Crippen LogP contribution < -0.4 is 5.32 Å². The largest absolute Gasteiger partial charge is 0.357 e. The van der Waals surface area contributed by atoms with E-state index in [2.05, 4.69) is 58.5 Å². The second kappa shape index (κ2) is 8.09. The molecule has 5 nitrogen and oxygen atoms in total. The molecule has 21 heavy (non-hydrogen) atoms. The van der Waals surface area contributed by atoms with Crippen molar-refractivity contribution in [1.29, 1.82) is 0 Å². The smallest absolute Gasteiger partial charge is 0.194 e. The van der Waals surface area contributed by atoms with Crippen molar-refractivity contribution in [1.82, 2.24) is 20.0 Å². The number of hydrogen-bond acceptors (Lipinski definition) is 2. The van der Waals surface area contributed by atoms with Gasteiger partial charge in [-0.05, 0) is 18.6 Å². The van der Waals surface area contributed by atoms with Crippen molar-refractivity contribution in [3.8, 4) is 0 Å². The molecule has 0 unspecified atom stereocenters. The van der Waals surface area contributed by atoms with Gasteiger partial charge < -0.3 is 10.2 Å². The number of aromatic nitrogens is 2. The summed E-state index contributed by atoms with van der Waals surface area (Å²) in [4.78, 5) is 6.80. The first-order valence-corrected chi connectivity index (χ1v) is 7.30. The molecular weight excluding hydrogens is 262 g/mol. The Labute approximate surface area is 126 Å². The maximum Gasteiger partial charge on any atom is 0.194 e. The van der Waals surface area contributed by atoms with Crippen molar-refractivity contribution in [2.45, 2.75) is 20.0 Å². The van der Waals surface area contributed by atoms with Crippen molar-refractivity contribution in [3.63, 3.8) is 0 Å². The van der Waals surface area contributed by atoms with E-state index >= 15 is 0 Å². The van der Waals surface area contributed by atoms with Crippen LogP contribution in [0.3, 0.4) is 0 Å². The molecule has 0 atom stereocenters. The topological polar surface area (TPSA) is 45.5 Å². The monoisotopic (exact) mass is 285 g/mol. The van der Waals surface area contributed by atoms with E-state index in [1.54, 1.807) is 6.20 Å². The third kappa shape index (κ3) is 4.95. The lowest BCUT2D eigenvalue weighted by molar-refractivity contribution is 0.475. The Morgan fingerprint density at radius 3 is 2.76 bits per heavy atom. The third-order valence-corrected chi connectivity index (χ3v) is 3.11. The summed E-state index contributed by atoms with van der Waals surface area (Å²) in [6.07, 6.45) is 3.74. The quantitative estimate of drug-likeness (QED) is 0.652. The summed E-state index contributed by atoms with van der Waals surface area (Å²) < 4.78 is 1.89. The van der Waals surface area contributed by atoms with Crippen LogP contribution in [0.1, 0.15) is 12.5 Å². The molecule has 1 aromatic carbocycles. The molecule has 0 aliphatic rings. The van der Waals surface area contributed by atoms with Crippen LogP contribution in [0.15, 0.2) is 53.8 Å². The molecule has 1 aromatic heterocycles. The Kier molecular flexibility index (Phi) is 5.82. The summed E-state index contributed by atoms with van der Waals surface area (Å²) in [6, 6.07) is 12.3. The minimum Gasteiger partial charge on any atom is -0.357 e. The highest BCUT2D eigenvalue weighted by atomic mass is 15.3. The molecule has 2 aromatic rings. The number of guanidine groups is 1. The van der Waals surface area contributed by atoms with E-state index < -0.39 is 0 Å². The van der Waals surface area contributed by atoms with Crippen LogP contribution in [0.2, 0.25) is 0 Å². The molecule has 0 saturated heterocycles. The normalized spacial score (nSPS) is 11.4. The number of benzene rings is 1. The summed E-state index contributed by atoms with van der Waals surface area (Å²) in [5.74, 6) is 0.925. The number of nitrogens with zero attached hydrogens (tertiary/aromatic N) is 4. The van der Waals surface area contributed by atoms with E-state index in [0.29, 0.717) is 6.54 Å². The Morgan fingerprint density at radius 1 is 1.29 bits per heavy atom. The zero-order valence-electron chi connectivity index (χ0n) is 12.7. The van der Waals surface area contributed by atoms with Gasteiger partial charge in [0.2, 0.25) is 0 Å². The molecule has 0 radical (unpaired) electrons. The van der Waals surface area contributed by atoms with E-state index in [1.165, 1.54) is 5.56 Å². The van der Waals surface area contributed by atoms with E-state index in [0.717, 1.165) is 25.6 Å². The van der Waals surface area contributed by atoms with Crippen LogP contribution in [-0.2, 0) is 13.1 Å². The second-order valence-electron chi connectivity index (χ2n) is 4.85. The molecule has 2 rings (SSSR count). The average Bonchev–Trinajstić information content (AvgIpc) is 3.00. The number of rotatable bonds is 6. The van der Waals surface area contributed by atoms with Crippen molar-refractivity contribution >= 4 is 5.96 Å². The fraction of sp³-hybridized carbons (Fsp3) is 0.375. The van der Waals surface area contributed by atoms with Gasteiger partial charge in [-0.15, -0.1) is 0 Å². The van der Waals surface area contributed by atoms with Crippen LogP contribution in [-0.4, -0.2) is 40.8 Å². The molecule has 0 bridgehead atoms. The van der Waals surface area contributed by atoms with Gasteiger partial charge in [0.05, 0.1) is 13.1 Å². The maximum absolute atomic E-state index is 4.66. The first-order chi connectivity index (χ1) is 10.3.